The molecule has 1 N–H and O–H groups in total. The minimum atomic E-state index is -0.632. The molecule has 0 aromatic carbocycles. The summed E-state index contributed by atoms with van der Waals surface area (Å²) in [6, 6.07) is 0. The van der Waals surface area contributed by atoms with E-state index in [4.69, 9.17) is 4.74 Å². The summed E-state index contributed by atoms with van der Waals surface area (Å²) in [7, 11) is 0. The second-order valence-electron chi connectivity index (χ2n) is 14.4. The van der Waals surface area contributed by atoms with Gasteiger partial charge in [0.05, 0.1) is 5.41 Å². The molecule has 4 heteroatoms. The number of carboxylic acid groups (broad SMARTS) is 1. The molecule has 0 spiro atoms. The number of carboxylic acids is 1. The lowest BCUT2D eigenvalue weighted by Gasteiger charge is -2.57. The van der Waals surface area contributed by atoms with Crippen molar-refractivity contribution in [3.63, 3.8) is 0 Å². The molecule has 0 amide bonds. The Labute approximate surface area is 259 Å². The number of esters is 1. The van der Waals surface area contributed by atoms with Gasteiger partial charge < -0.3 is 9.84 Å². The van der Waals surface area contributed by atoms with Gasteiger partial charge in [-0.15, -0.1) is 0 Å². The summed E-state index contributed by atoms with van der Waals surface area (Å²) in [5, 5.41) is 10.1. The predicted molar refractivity (Wildman–Crippen MR) is 177 cm³/mol. The molecule has 2 aliphatic rings. The van der Waals surface area contributed by atoms with E-state index in [-0.39, 0.29) is 17.3 Å². The van der Waals surface area contributed by atoms with Gasteiger partial charge in [-0.05, 0) is 82.1 Å². The summed E-state index contributed by atoms with van der Waals surface area (Å²) < 4.78 is 5.51. The van der Waals surface area contributed by atoms with Gasteiger partial charge in [-0.25, -0.2) is 0 Å². The second kappa shape index (κ2) is 19.6. The first-order valence-corrected chi connectivity index (χ1v) is 17.9. The van der Waals surface area contributed by atoms with E-state index in [0.717, 1.165) is 57.8 Å². The minimum Gasteiger partial charge on any atom is -0.481 e. The number of fused-ring (bicyclic) bond motifs is 1. The summed E-state index contributed by atoms with van der Waals surface area (Å²) in [5.41, 5.74) is 1.91. The van der Waals surface area contributed by atoms with E-state index >= 15 is 0 Å². The number of hydrogen-bond donors (Lipinski definition) is 1. The number of hydrogen-bond acceptors (Lipinski definition) is 3. The van der Waals surface area contributed by atoms with Gasteiger partial charge >= 0.3 is 11.9 Å². The molecule has 2 saturated carbocycles. The molecule has 0 heterocycles. The highest BCUT2D eigenvalue weighted by Gasteiger charge is 2.57. The molecule has 2 rings (SSSR count). The van der Waals surface area contributed by atoms with Gasteiger partial charge in [-0.3, -0.25) is 9.59 Å². The Hall–Kier alpha value is -1.58. The third-order valence-electron chi connectivity index (χ3n) is 11.0. The number of aliphatic carboxylic acids is 1. The molecule has 2 aliphatic carbocycles. The largest absolute Gasteiger partial charge is 0.481 e. The maximum atomic E-state index is 12.2. The van der Waals surface area contributed by atoms with Crippen molar-refractivity contribution in [2.45, 2.75) is 175 Å². The van der Waals surface area contributed by atoms with E-state index in [9.17, 15) is 14.7 Å². The zero-order chi connectivity index (χ0) is 30.8. The molecule has 0 radical (unpaired) electrons. The molecule has 0 aromatic rings. The molecule has 0 bridgehead atoms. The van der Waals surface area contributed by atoms with Crippen LogP contribution in [0, 0.1) is 22.7 Å². The molecular formula is C38H66O4. The third-order valence-corrected chi connectivity index (χ3v) is 11.0. The van der Waals surface area contributed by atoms with Gasteiger partial charge in [0, 0.05) is 6.42 Å². The summed E-state index contributed by atoms with van der Waals surface area (Å²) in [6.07, 6.45) is 29.1. The van der Waals surface area contributed by atoms with E-state index in [1.54, 1.807) is 0 Å². The predicted octanol–water partition coefficient (Wildman–Crippen LogP) is 11.4. The summed E-state index contributed by atoms with van der Waals surface area (Å²) in [6.45, 7) is 13.5. The highest BCUT2D eigenvalue weighted by molar-refractivity contribution is 5.75. The third kappa shape index (κ3) is 11.8. The van der Waals surface area contributed by atoms with Crippen molar-refractivity contribution in [1.29, 1.82) is 0 Å². The van der Waals surface area contributed by atoms with Crippen LogP contribution in [0.1, 0.15) is 175 Å². The van der Waals surface area contributed by atoms with Crippen molar-refractivity contribution in [2.75, 3.05) is 6.61 Å². The Morgan fingerprint density at radius 1 is 0.881 bits per heavy atom. The van der Waals surface area contributed by atoms with Gasteiger partial charge in [0.25, 0.3) is 0 Å². The molecule has 0 aromatic heterocycles. The van der Waals surface area contributed by atoms with Crippen molar-refractivity contribution < 1.29 is 19.4 Å². The van der Waals surface area contributed by atoms with Crippen LogP contribution in [0.15, 0.2) is 23.8 Å². The molecule has 1 unspecified atom stereocenters. The molecule has 0 saturated heterocycles. The van der Waals surface area contributed by atoms with Gasteiger partial charge in [0.1, 0.15) is 6.61 Å². The van der Waals surface area contributed by atoms with Crippen LogP contribution in [0.5, 0.6) is 0 Å². The molecule has 42 heavy (non-hydrogen) atoms. The van der Waals surface area contributed by atoms with Gasteiger partial charge in [-0.1, -0.05) is 128 Å². The van der Waals surface area contributed by atoms with Crippen molar-refractivity contribution in [2.24, 2.45) is 22.7 Å². The zero-order valence-corrected chi connectivity index (χ0v) is 28.1. The second-order valence-corrected chi connectivity index (χ2v) is 14.4. The van der Waals surface area contributed by atoms with Crippen LogP contribution in [-0.2, 0) is 14.3 Å². The van der Waals surface area contributed by atoms with Gasteiger partial charge in [0.2, 0.25) is 0 Å². The summed E-state index contributed by atoms with van der Waals surface area (Å²) in [5.74, 6) is -0.158. The number of carbonyl (C=O) groups is 2. The van der Waals surface area contributed by atoms with Crippen LogP contribution in [0.25, 0.3) is 0 Å². The molecular weight excluding hydrogens is 520 g/mol. The Bertz CT molecular complexity index is 844. The van der Waals surface area contributed by atoms with E-state index in [1.165, 1.54) is 94.6 Å². The normalized spacial score (nSPS) is 26.2. The Kier molecular flexibility index (Phi) is 17.1. The monoisotopic (exact) mass is 586 g/mol. The Morgan fingerprint density at radius 2 is 1.43 bits per heavy atom. The molecule has 2 fully saturated rings. The lowest BCUT2D eigenvalue weighted by atomic mass is 9.46. The number of ether oxygens (including phenoxy) is 1. The maximum Gasteiger partial charge on any atom is 0.309 e. The number of carbonyl (C=O) groups excluding carboxylic acids is 1. The van der Waals surface area contributed by atoms with Crippen molar-refractivity contribution >= 4 is 11.9 Å². The first kappa shape index (κ1) is 36.6. The van der Waals surface area contributed by atoms with E-state index < -0.39 is 11.4 Å². The highest BCUT2D eigenvalue weighted by Crippen LogP contribution is 2.62. The van der Waals surface area contributed by atoms with Crippen LogP contribution in [-0.4, -0.2) is 23.7 Å². The number of rotatable bonds is 22. The van der Waals surface area contributed by atoms with Crippen LogP contribution in [0.4, 0.5) is 0 Å². The lowest BCUT2D eigenvalue weighted by Crippen LogP contribution is -2.53. The molecule has 242 valence electrons. The highest BCUT2D eigenvalue weighted by atomic mass is 16.5. The topological polar surface area (TPSA) is 63.6 Å². The van der Waals surface area contributed by atoms with Crippen molar-refractivity contribution in [3.8, 4) is 0 Å². The Balaban J connectivity index is 1.54. The van der Waals surface area contributed by atoms with Gasteiger partial charge in [-0.2, -0.15) is 0 Å². The quantitative estimate of drug-likeness (QED) is 0.0778. The van der Waals surface area contributed by atoms with E-state index in [1.807, 2.05) is 6.92 Å². The minimum absolute atomic E-state index is 0.000703. The summed E-state index contributed by atoms with van der Waals surface area (Å²) >= 11 is 0. The molecule has 4 atom stereocenters. The maximum absolute atomic E-state index is 12.2. The van der Waals surface area contributed by atoms with Crippen LogP contribution >= 0.6 is 0 Å². The lowest BCUT2D eigenvalue weighted by molar-refractivity contribution is -0.164. The van der Waals surface area contributed by atoms with E-state index in [0.29, 0.717) is 18.9 Å². The SMILES string of the molecule is C=C1CCC2[C@](C)(CCC[C@]2(C)C(=O)O)[C@H]1CC/C(C)=C/COC(=O)CCCCCCCCCCCCCCCCC. The van der Waals surface area contributed by atoms with Crippen LogP contribution in [0.2, 0.25) is 0 Å². The zero-order valence-electron chi connectivity index (χ0n) is 28.1. The smallest absolute Gasteiger partial charge is 0.309 e. The van der Waals surface area contributed by atoms with Gasteiger partial charge in [0.15, 0.2) is 0 Å². The van der Waals surface area contributed by atoms with E-state index in [2.05, 4.69) is 33.4 Å². The first-order chi connectivity index (χ1) is 20.1. The fourth-order valence-corrected chi connectivity index (χ4v) is 8.20. The first-order valence-electron chi connectivity index (χ1n) is 17.9. The molecule has 0 aliphatic heterocycles. The average Bonchev–Trinajstić information content (AvgIpc) is 2.94. The molecule has 4 nitrogen and oxygen atoms in total. The average molecular weight is 587 g/mol. The number of unbranched alkanes of at least 4 members (excludes halogenated alkanes) is 14. The van der Waals surface area contributed by atoms with Crippen LogP contribution in [0.3, 0.4) is 0 Å². The summed E-state index contributed by atoms with van der Waals surface area (Å²) in [4.78, 5) is 24.4. The van der Waals surface area contributed by atoms with Crippen molar-refractivity contribution in [3.05, 3.63) is 23.8 Å². The van der Waals surface area contributed by atoms with Crippen molar-refractivity contribution in [1.82, 2.24) is 0 Å². The standard InChI is InChI=1S/C38H66O4/c1-6-7-8-9-10-11-12-13-14-15-16-17-18-19-20-22-35(39)42-30-27-31(2)23-25-33-32(3)24-26-34-37(33,4)28-21-29-38(34,5)36(40)41/h27,33-34H,3,6-26,28-30H2,1-2,4-5H3,(H,40,41)/b31-27+/t33-,34?,37+,38-/m0/s1. The fraction of sp³-hybridized carbons (Fsp3) is 0.842. The number of allylic oxidation sites excluding steroid dienone is 2. The Morgan fingerprint density at radius 3 is 1.98 bits per heavy atom. The van der Waals surface area contributed by atoms with Crippen LogP contribution < -0.4 is 0 Å². The fourth-order valence-electron chi connectivity index (χ4n) is 8.20.